The number of methoxy groups -OCH3 is 1. The van der Waals surface area contributed by atoms with Crippen LogP contribution in [0.5, 0.6) is 0 Å². The Morgan fingerprint density at radius 1 is 1.20 bits per heavy atom. The summed E-state index contributed by atoms with van der Waals surface area (Å²) in [5.41, 5.74) is 1.08. The zero-order valence-electron chi connectivity index (χ0n) is 13.4. The molecule has 0 saturated heterocycles. The van der Waals surface area contributed by atoms with Crippen molar-refractivity contribution in [2.24, 2.45) is 5.41 Å². The normalized spacial score (nSPS) is 20.6. The van der Waals surface area contributed by atoms with Crippen LogP contribution in [0.2, 0.25) is 0 Å². The van der Waals surface area contributed by atoms with E-state index in [1.807, 2.05) is 13.0 Å². The number of hydrogen-bond donors (Lipinski definition) is 1. The van der Waals surface area contributed by atoms with Crippen LogP contribution in [0.15, 0.2) is 6.07 Å². The minimum absolute atomic E-state index is 0.314. The van der Waals surface area contributed by atoms with Crippen molar-refractivity contribution in [2.45, 2.75) is 59.0 Å². The van der Waals surface area contributed by atoms with Gasteiger partial charge in [-0.1, -0.05) is 13.8 Å². The molecule has 1 aromatic rings. The van der Waals surface area contributed by atoms with Crippen molar-refractivity contribution >= 4 is 5.82 Å². The maximum absolute atomic E-state index is 5.89. The lowest BCUT2D eigenvalue weighted by Gasteiger charge is -2.41. The average molecular weight is 277 g/mol. The van der Waals surface area contributed by atoms with Crippen molar-refractivity contribution in [3.8, 4) is 0 Å². The monoisotopic (exact) mass is 277 g/mol. The predicted octanol–water partition coefficient (Wildman–Crippen LogP) is 3.66. The van der Waals surface area contributed by atoms with Gasteiger partial charge in [-0.05, 0) is 44.9 Å². The third-order valence-corrected chi connectivity index (χ3v) is 4.42. The van der Waals surface area contributed by atoms with Gasteiger partial charge in [0.2, 0.25) is 0 Å². The summed E-state index contributed by atoms with van der Waals surface area (Å²) in [6, 6.07) is 1.99. The van der Waals surface area contributed by atoms with Gasteiger partial charge < -0.3 is 10.1 Å². The van der Waals surface area contributed by atoms with Crippen LogP contribution in [0, 0.1) is 12.3 Å². The number of nitrogens with one attached hydrogen (secondary N) is 1. The van der Waals surface area contributed by atoms with E-state index in [9.17, 15) is 0 Å². The van der Waals surface area contributed by atoms with Crippen molar-refractivity contribution in [1.29, 1.82) is 0 Å². The van der Waals surface area contributed by atoms with E-state index < -0.39 is 0 Å². The van der Waals surface area contributed by atoms with Crippen molar-refractivity contribution in [1.82, 2.24) is 9.97 Å². The van der Waals surface area contributed by atoms with Gasteiger partial charge in [0.15, 0.2) is 5.82 Å². The first kappa shape index (κ1) is 15.2. The van der Waals surface area contributed by atoms with Gasteiger partial charge >= 0.3 is 0 Å². The molecule has 20 heavy (non-hydrogen) atoms. The molecule has 2 rings (SSSR count). The van der Waals surface area contributed by atoms with Crippen molar-refractivity contribution in [3.63, 3.8) is 0 Å². The summed E-state index contributed by atoms with van der Waals surface area (Å²) in [7, 11) is 1.79. The van der Waals surface area contributed by atoms with Crippen LogP contribution in [-0.2, 0) is 10.3 Å². The Labute approximate surface area is 122 Å². The number of rotatable bonds is 4. The Bertz CT molecular complexity index is 461. The second-order valence-corrected chi connectivity index (χ2v) is 6.61. The van der Waals surface area contributed by atoms with Gasteiger partial charge in [0.25, 0.3) is 0 Å². The van der Waals surface area contributed by atoms with Crippen LogP contribution in [-0.4, -0.2) is 23.6 Å². The molecule has 4 heteroatoms. The highest BCUT2D eigenvalue weighted by Crippen LogP contribution is 2.46. The maximum Gasteiger partial charge on any atom is 0.162 e. The standard InChI is InChI=1S/C16H27N3O/c1-6-17-13-11-12(2)18-14(19-13)16(20-5)9-7-15(3,4)8-10-16/h11H,6-10H2,1-5H3,(H,17,18,19). The van der Waals surface area contributed by atoms with Crippen LogP contribution < -0.4 is 5.32 Å². The smallest absolute Gasteiger partial charge is 0.162 e. The third-order valence-electron chi connectivity index (χ3n) is 4.42. The molecule has 1 aromatic heterocycles. The fourth-order valence-corrected chi connectivity index (χ4v) is 2.89. The summed E-state index contributed by atoms with van der Waals surface area (Å²) >= 11 is 0. The van der Waals surface area contributed by atoms with E-state index >= 15 is 0 Å². The summed E-state index contributed by atoms with van der Waals surface area (Å²) in [6.45, 7) is 9.61. The number of aromatic nitrogens is 2. The average Bonchev–Trinajstić information content (AvgIpc) is 2.39. The maximum atomic E-state index is 5.89. The molecular weight excluding hydrogens is 250 g/mol. The van der Waals surface area contributed by atoms with Gasteiger partial charge in [-0.25, -0.2) is 9.97 Å². The molecule has 0 spiro atoms. The highest BCUT2D eigenvalue weighted by atomic mass is 16.5. The van der Waals surface area contributed by atoms with Gasteiger partial charge in [-0.15, -0.1) is 0 Å². The lowest BCUT2D eigenvalue weighted by Crippen LogP contribution is -2.38. The van der Waals surface area contributed by atoms with Gasteiger partial charge in [-0.2, -0.15) is 0 Å². The van der Waals surface area contributed by atoms with Crippen molar-refractivity contribution < 1.29 is 4.74 Å². The third kappa shape index (κ3) is 3.11. The molecule has 0 atom stereocenters. The first-order valence-electron chi connectivity index (χ1n) is 7.56. The molecule has 0 bridgehead atoms. The fourth-order valence-electron chi connectivity index (χ4n) is 2.89. The summed E-state index contributed by atoms with van der Waals surface area (Å²) in [6.07, 6.45) is 4.28. The fraction of sp³-hybridized carbons (Fsp3) is 0.750. The molecule has 1 heterocycles. The predicted molar refractivity (Wildman–Crippen MR) is 81.9 cm³/mol. The van der Waals surface area contributed by atoms with E-state index in [2.05, 4.69) is 31.1 Å². The Kier molecular flexibility index (Phi) is 4.33. The molecule has 0 radical (unpaired) electrons. The summed E-state index contributed by atoms with van der Waals surface area (Å²) in [5.74, 6) is 1.74. The van der Waals surface area contributed by atoms with Crippen LogP contribution in [0.4, 0.5) is 5.82 Å². The Hall–Kier alpha value is -1.16. The van der Waals surface area contributed by atoms with E-state index in [1.54, 1.807) is 7.11 Å². The molecule has 1 N–H and O–H groups in total. The first-order valence-corrected chi connectivity index (χ1v) is 7.56. The Balaban J connectivity index is 2.32. The highest BCUT2D eigenvalue weighted by Gasteiger charge is 2.42. The summed E-state index contributed by atoms with van der Waals surface area (Å²) in [5, 5.41) is 3.28. The van der Waals surface area contributed by atoms with Crippen LogP contribution in [0.3, 0.4) is 0 Å². The molecule has 0 aromatic carbocycles. The number of anilines is 1. The molecule has 1 fully saturated rings. The molecule has 1 saturated carbocycles. The van der Waals surface area contributed by atoms with E-state index in [1.165, 1.54) is 0 Å². The van der Waals surface area contributed by atoms with Crippen molar-refractivity contribution in [3.05, 3.63) is 17.6 Å². The molecular formula is C16H27N3O. The Morgan fingerprint density at radius 3 is 2.40 bits per heavy atom. The molecule has 4 nitrogen and oxygen atoms in total. The van der Waals surface area contributed by atoms with E-state index in [0.29, 0.717) is 5.41 Å². The number of ether oxygens (including phenoxy) is 1. The topological polar surface area (TPSA) is 47.0 Å². The first-order chi connectivity index (χ1) is 9.41. The zero-order valence-corrected chi connectivity index (χ0v) is 13.4. The Morgan fingerprint density at radius 2 is 1.85 bits per heavy atom. The number of hydrogen-bond acceptors (Lipinski definition) is 4. The zero-order chi connectivity index (χ0) is 14.8. The summed E-state index contributed by atoms with van der Waals surface area (Å²) in [4.78, 5) is 9.34. The van der Waals surface area contributed by atoms with Gasteiger partial charge in [0.1, 0.15) is 11.4 Å². The molecule has 0 aliphatic heterocycles. The van der Waals surface area contributed by atoms with E-state index in [0.717, 1.165) is 49.6 Å². The van der Waals surface area contributed by atoms with Crippen LogP contribution in [0.25, 0.3) is 0 Å². The largest absolute Gasteiger partial charge is 0.370 e. The number of nitrogens with zero attached hydrogens (tertiary/aromatic N) is 2. The van der Waals surface area contributed by atoms with Gasteiger partial charge in [0.05, 0.1) is 0 Å². The molecule has 0 unspecified atom stereocenters. The van der Waals surface area contributed by atoms with E-state index in [4.69, 9.17) is 9.72 Å². The van der Waals surface area contributed by atoms with Crippen LogP contribution >= 0.6 is 0 Å². The van der Waals surface area contributed by atoms with Gasteiger partial charge in [0, 0.05) is 25.4 Å². The van der Waals surface area contributed by atoms with Crippen LogP contribution in [0.1, 0.15) is 58.0 Å². The molecule has 0 amide bonds. The second-order valence-electron chi connectivity index (χ2n) is 6.61. The lowest BCUT2D eigenvalue weighted by molar-refractivity contribution is -0.0729. The second kappa shape index (κ2) is 5.68. The quantitative estimate of drug-likeness (QED) is 0.912. The SMILES string of the molecule is CCNc1cc(C)nc(C2(OC)CCC(C)(C)CC2)n1. The van der Waals surface area contributed by atoms with E-state index in [-0.39, 0.29) is 5.60 Å². The van der Waals surface area contributed by atoms with Gasteiger partial charge in [-0.3, -0.25) is 0 Å². The summed E-state index contributed by atoms with van der Waals surface area (Å²) < 4.78 is 5.89. The van der Waals surface area contributed by atoms with Crippen molar-refractivity contribution in [2.75, 3.05) is 19.0 Å². The lowest BCUT2D eigenvalue weighted by atomic mass is 9.70. The molecule has 1 aliphatic carbocycles. The molecule has 112 valence electrons. The molecule has 1 aliphatic rings. The highest BCUT2D eigenvalue weighted by molar-refractivity contribution is 5.36. The number of aryl methyl sites for hydroxylation is 1. The minimum atomic E-state index is -0.314. The minimum Gasteiger partial charge on any atom is -0.370 e.